The van der Waals surface area contributed by atoms with Gasteiger partial charge in [-0.15, -0.1) is 0 Å². The molecular formula is C69H136O60. The first-order valence-corrected chi connectivity index (χ1v) is 36.7. The molecule has 0 aliphatic carbocycles. The highest BCUT2D eigenvalue weighted by molar-refractivity contribution is 5.74. The molecule has 0 bridgehead atoms. The van der Waals surface area contributed by atoms with Crippen molar-refractivity contribution >= 4 is 107 Å². The Labute approximate surface area is 734 Å². The fraction of sp³-hybridized carbons (Fsp3) is 0.739. The lowest BCUT2D eigenvalue weighted by molar-refractivity contribution is -0.140. The molecular weight excluding hydrogens is 1790 g/mol. The van der Waals surface area contributed by atoms with Gasteiger partial charge in [-0.05, 0) is 57.8 Å². The van der Waals surface area contributed by atoms with E-state index < -0.39 is 156 Å². The summed E-state index contributed by atoms with van der Waals surface area (Å²) in [6.45, 7) is -5.83. The van der Waals surface area contributed by atoms with Gasteiger partial charge in [-0.1, -0.05) is 0 Å². The van der Waals surface area contributed by atoms with Crippen LogP contribution in [0.2, 0.25) is 0 Å². The average molecular weight is 1930 g/mol. The summed E-state index contributed by atoms with van der Waals surface area (Å²) in [6, 6.07) is 0. The molecule has 0 spiro atoms. The Bertz CT molecular complexity index is 1960. The van der Waals surface area contributed by atoms with Gasteiger partial charge in [0.15, 0.2) is 0 Å². The minimum atomic E-state index is -0.954. The number of carbonyl (C=O) groups is 18. The van der Waals surface area contributed by atoms with E-state index in [0.29, 0.717) is 0 Å². The van der Waals surface area contributed by atoms with Crippen LogP contribution in [0, 0.1) is 0 Å². The second-order valence-corrected chi connectivity index (χ2v) is 22.9. The van der Waals surface area contributed by atoms with E-state index in [0.717, 1.165) is 0 Å². The van der Waals surface area contributed by atoms with E-state index in [1.165, 1.54) is 0 Å². The SMILES string of the molecule is O=C(O)CCCC(=O)O.O=C(O)CCCC(=O)O.O=C(O)CCCC(=O)O.O=C(O)CCCC(=O)O.O=C(O)CCCC(=O)O.O=C(O)CCCC(=O)O.O=C(O)CCCC(=O)O.O=C(O)CCCC(=O)O.O=C(O)CCCC(=O)O.OCC(O)CO.OCC(O)CO.OCC(O)CO.OCC(O)CO.OCC(O)CO.OCC(O)CO.OCC(O)CO.OCC(O)CO. The molecule has 0 aliphatic heterocycles. The molecule has 0 aliphatic rings. The Kier molecular flexibility index (Phi) is 161. The molecule has 0 saturated heterocycles. The molecule has 42 N–H and O–H groups in total. The van der Waals surface area contributed by atoms with Gasteiger partial charge in [0.1, 0.15) is 48.8 Å². The van der Waals surface area contributed by atoms with E-state index in [-0.39, 0.29) is 279 Å². The van der Waals surface area contributed by atoms with E-state index in [9.17, 15) is 86.3 Å². The topological polar surface area (TPSA) is 1160 Å². The molecule has 0 aromatic carbocycles. The summed E-state index contributed by atoms with van der Waals surface area (Å²) in [5, 5.41) is 337. The van der Waals surface area contributed by atoms with Gasteiger partial charge in [-0.2, -0.15) is 0 Å². The van der Waals surface area contributed by atoms with Crippen molar-refractivity contribution in [3.8, 4) is 0 Å². The summed E-state index contributed by atoms with van der Waals surface area (Å²) in [5.74, 6) is -17.1. The van der Waals surface area contributed by atoms with Gasteiger partial charge in [0.05, 0.1) is 106 Å². The van der Waals surface area contributed by atoms with Crippen molar-refractivity contribution in [2.45, 2.75) is 222 Å². The molecule has 0 radical (unpaired) electrons. The summed E-state index contributed by atoms with van der Waals surface area (Å²) in [7, 11) is 0. The van der Waals surface area contributed by atoms with Crippen LogP contribution in [-0.4, -0.2) is 476 Å². The van der Waals surface area contributed by atoms with Crippen LogP contribution in [0.1, 0.15) is 173 Å². The normalized spacial score (nSPS) is 9.30. The predicted molar refractivity (Wildman–Crippen MR) is 424 cm³/mol. The van der Waals surface area contributed by atoms with Crippen LogP contribution in [0.5, 0.6) is 0 Å². The monoisotopic (exact) mass is 1920 g/mol. The maximum atomic E-state index is 9.79. The summed E-state index contributed by atoms with van der Waals surface area (Å²) in [6.07, 6.45) is -6.85. The van der Waals surface area contributed by atoms with Crippen molar-refractivity contribution in [3.63, 3.8) is 0 Å². The van der Waals surface area contributed by atoms with Crippen LogP contribution in [0.25, 0.3) is 0 Å². The Balaban J connectivity index is -0.0000000691. The van der Waals surface area contributed by atoms with E-state index in [2.05, 4.69) is 0 Å². The number of aliphatic hydroxyl groups excluding tert-OH is 24. The van der Waals surface area contributed by atoms with Gasteiger partial charge in [0, 0.05) is 116 Å². The Hall–Kier alpha value is -10.5. The molecule has 0 rings (SSSR count). The van der Waals surface area contributed by atoms with E-state index >= 15 is 0 Å². The highest BCUT2D eigenvalue weighted by atomic mass is 16.4. The third kappa shape index (κ3) is 275. The maximum Gasteiger partial charge on any atom is 0.303 e. The van der Waals surface area contributed by atoms with Crippen molar-refractivity contribution in [2.75, 3.05) is 106 Å². The standard InChI is InChI=1S/9C5H8O4.8C3H8O3/c9*6-4(7)2-1-3-5(8)9;8*4-1-3(6)2-5/h9*1-3H2,(H,6,7)(H,8,9);8*3-6H,1-2H2. The van der Waals surface area contributed by atoms with Crippen LogP contribution in [-0.2, 0) is 86.3 Å². The molecule has 772 valence electrons. The molecule has 0 aromatic rings. The number of aliphatic hydroxyl groups is 24. The number of carboxylic acid groups (broad SMARTS) is 18. The first-order chi connectivity index (χ1) is 59.6. The third-order valence-electron chi connectivity index (χ3n) is 10.4. The molecule has 60 heteroatoms. The van der Waals surface area contributed by atoms with Crippen LogP contribution < -0.4 is 0 Å². The van der Waals surface area contributed by atoms with E-state index in [1.807, 2.05) is 0 Å². The third-order valence-corrected chi connectivity index (χ3v) is 10.4. The van der Waals surface area contributed by atoms with Crippen molar-refractivity contribution < 1.29 is 301 Å². The molecule has 0 unspecified atom stereocenters. The van der Waals surface area contributed by atoms with Gasteiger partial charge in [-0.3, -0.25) is 86.3 Å². The lowest BCUT2D eigenvalue weighted by Gasteiger charge is -1.96. The van der Waals surface area contributed by atoms with E-state index in [4.69, 9.17) is 214 Å². The fourth-order valence-electron chi connectivity index (χ4n) is 3.98. The second-order valence-electron chi connectivity index (χ2n) is 22.9. The highest BCUT2D eigenvalue weighted by Crippen LogP contribution is 2.00. The predicted octanol–water partition coefficient (Wildman–Crippen LogP) is -10.4. The van der Waals surface area contributed by atoms with Crippen LogP contribution in [0.4, 0.5) is 0 Å². The van der Waals surface area contributed by atoms with Gasteiger partial charge in [0.25, 0.3) is 0 Å². The molecule has 129 heavy (non-hydrogen) atoms. The first kappa shape index (κ1) is 159. The Morgan fingerprint density at radius 1 is 0.109 bits per heavy atom. The van der Waals surface area contributed by atoms with Crippen molar-refractivity contribution in [1.82, 2.24) is 0 Å². The van der Waals surface area contributed by atoms with Gasteiger partial charge < -0.3 is 214 Å². The Morgan fingerprint density at radius 2 is 0.147 bits per heavy atom. The second kappa shape index (κ2) is 131. The Morgan fingerprint density at radius 3 is 0.163 bits per heavy atom. The minimum Gasteiger partial charge on any atom is -0.481 e. The lowest BCUT2D eigenvalue weighted by atomic mass is 10.2. The number of hydrogen-bond donors (Lipinski definition) is 42. The first-order valence-electron chi connectivity index (χ1n) is 36.7. The fourth-order valence-corrected chi connectivity index (χ4v) is 3.98. The number of rotatable bonds is 52. The number of carboxylic acids is 18. The van der Waals surface area contributed by atoms with Gasteiger partial charge in [-0.25, -0.2) is 0 Å². The number of hydrogen-bond acceptors (Lipinski definition) is 42. The number of aliphatic carboxylic acids is 18. The van der Waals surface area contributed by atoms with Crippen molar-refractivity contribution in [2.24, 2.45) is 0 Å². The quantitative estimate of drug-likeness (QED) is 0.0269. The summed E-state index contributed by atoms with van der Waals surface area (Å²) < 4.78 is 0. The summed E-state index contributed by atoms with van der Waals surface area (Å²) >= 11 is 0. The summed E-state index contributed by atoms with van der Waals surface area (Å²) in [4.78, 5) is 176. The molecule has 0 saturated carbocycles. The highest BCUT2D eigenvalue weighted by Gasteiger charge is 2.08. The smallest absolute Gasteiger partial charge is 0.303 e. The molecule has 60 nitrogen and oxygen atoms in total. The summed E-state index contributed by atoms with van der Waals surface area (Å²) in [5.41, 5.74) is 0. The lowest BCUT2D eigenvalue weighted by Crippen LogP contribution is -2.15. The average Bonchev–Trinajstić information content (AvgIpc) is 1.11. The molecule has 0 atom stereocenters. The maximum absolute atomic E-state index is 9.79. The zero-order valence-corrected chi connectivity index (χ0v) is 70.2. The molecule has 0 amide bonds. The van der Waals surface area contributed by atoms with Crippen LogP contribution >= 0.6 is 0 Å². The molecule has 0 aromatic heterocycles. The van der Waals surface area contributed by atoms with E-state index in [1.54, 1.807) is 0 Å². The van der Waals surface area contributed by atoms with Gasteiger partial charge in [0.2, 0.25) is 0 Å². The van der Waals surface area contributed by atoms with Gasteiger partial charge >= 0.3 is 107 Å². The van der Waals surface area contributed by atoms with Crippen LogP contribution in [0.15, 0.2) is 0 Å². The molecule has 0 fully saturated rings. The van der Waals surface area contributed by atoms with Crippen molar-refractivity contribution in [3.05, 3.63) is 0 Å². The minimum absolute atomic E-state index is 0.0632. The van der Waals surface area contributed by atoms with Crippen molar-refractivity contribution in [1.29, 1.82) is 0 Å². The van der Waals surface area contributed by atoms with Crippen LogP contribution in [0.3, 0.4) is 0 Å². The zero-order valence-electron chi connectivity index (χ0n) is 70.2. The molecule has 0 heterocycles. The zero-order chi connectivity index (χ0) is 105. The largest absolute Gasteiger partial charge is 0.481 e.